The molecule has 5 nitrogen and oxygen atoms in total. The maximum atomic E-state index is 5.40. The first-order valence-electron chi connectivity index (χ1n) is 8.61. The molecule has 1 aromatic heterocycles. The second-order valence-electron chi connectivity index (χ2n) is 6.28. The lowest BCUT2D eigenvalue weighted by atomic mass is 10.1. The van der Waals surface area contributed by atoms with Crippen molar-refractivity contribution in [3.05, 3.63) is 70.9 Å². The largest absolute Gasteiger partial charge is 0.496 e. The summed E-state index contributed by atoms with van der Waals surface area (Å²) in [5.41, 5.74) is 5.36. The number of anilines is 3. The molecule has 0 fully saturated rings. The first-order chi connectivity index (χ1) is 12.6. The minimum absolute atomic E-state index is 0.588. The van der Waals surface area contributed by atoms with Gasteiger partial charge in [0.25, 0.3) is 0 Å². The molecule has 1 heterocycles. The van der Waals surface area contributed by atoms with Gasteiger partial charge in [0, 0.05) is 29.6 Å². The first-order valence-corrected chi connectivity index (χ1v) is 8.61. The average molecular weight is 348 g/mol. The normalized spacial score (nSPS) is 10.5. The van der Waals surface area contributed by atoms with Gasteiger partial charge in [0.05, 0.1) is 7.11 Å². The minimum Gasteiger partial charge on any atom is -0.496 e. The van der Waals surface area contributed by atoms with Gasteiger partial charge in [-0.25, -0.2) is 4.98 Å². The van der Waals surface area contributed by atoms with E-state index < -0.39 is 0 Å². The lowest BCUT2D eigenvalue weighted by Crippen LogP contribution is -2.07. The van der Waals surface area contributed by atoms with Gasteiger partial charge in [-0.3, -0.25) is 0 Å². The third-order valence-corrected chi connectivity index (χ3v) is 4.22. The van der Waals surface area contributed by atoms with Gasteiger partial charge in [-0.1, -0.05) is 36.4 Å². The molecule has 0 aliphatic carbocycles. The maximum absolute atomic E-state index is 5.40. The lowest BCUT2D eigenvalue weighted by molar-refractivity contribution is 0.410. The zero-order valence-electron chi connectivity index (χ0n) is 15.6. The van der Waals surface area contributed by atoms with Gasteiger partial charge in [0.15, 0.2) is 0 Å². The van der Waals surface area contributed by atoms with Gasteiger partial charge >= 0.3 is 0 Å². The van der Waals surface area contributed by atoms with Gasteiger partial charge in [-0.15, -0.1) is 0 Å². The zero-order valence-corrected chi connectivity index (χ0v) is 15.6. The van der Waals surface area contributed by atoms with Crippen LogP contribution >= 0.6 is 0 Å². The number of benzene rings is 2. The second kappa shape index (κ2) is 7.87. The minimum atomic E-state index is 0.588. The third kappa shape index (κ3) is 4.11. The summed E-state index contributed by atoms with van der Waals surface area (Å²) >= 11 is 0. The van der Waals surface area contributed by atoms with Gasteiger partial charge in [-0.05, 0) is 38.0 Å². The summed E-state index contributed by atoms with van der Waals surface area (Å²) in [6.45, 7) is 6.74. The van der Waals surface area contributed by atoms with Crippen molar-refractivity contribution >= 4 is 17.5 Å². The number of ether oxygens (including phenoxy) is 1. The summed E-state index contributed by atoms with van der Waals surface area (Å²) in [4.78, 5) is 9.12. The standard InChI is InChI=1S/C21H24N4O/c1-14-8-7-9-15(2)20(14)25-21-23-16(3)12-19(24-21)22-13-17-10-5-6-11-18(17)26-4/h5-12H,13H2,1-4H3,(H2,22,23,24,25). The Morgan fingerprint density at radius 2 is 1.65 bits per heavy atom. The van der Waals surface area contributed by atoms with E-state index in [2.05, 4.69) is 46.6 Å². The summed E-state index contributed by atoms with van der Waals surface area (Å²) in [5.74, 6) is 2.22. The van der Waals surface area contributed by atoms with E-state index in [9.17, 15) is 0 Å². The van der Waals surface area contributed by atoms with Crippen LogP contribution in [0.5, 0.6) is 5.75 Å². The number of aryl methyl sites for hydroxylation is 3. The monoisotopic (exact) mass is 348 g/mol. The fraction of sp³-hybridized carbons (Fsp3) is 0.238. The SMILES string of the molecule is COc1ccccc1CNc1cc(C)nc(Nc2c(C)cccc2C)n1. The number of methoxy groups -OCH3 is 1. The van der Waals surface area contributed by atoms with Crippen LogP contribution in [0.25, 0.3) is 0 Å². The number of aromatic nitrogens is 2. The van der Waals surface area contributed by atoms with E-state index in [4.69, 9.17) is 4.74 Å². The fourth-order valence-electron chi connectivity index (χ4n) is 2.87. The Kier molecular flexibility index (Phi) is 5.37. The molecule has 0 saturated carbocycles. The van der Waals surface area contributed by atoms with Crippen LogP contribution in [0.15, 0.2) is 48.5 Å². The van der Waals surface area contributed by atoms with Gasteiger partial charge in [0.1, 0.15) is 11.6 Å². The highest BCUT2D eigenvalue weighted by Crippen LogP contribution is 2.24. The molecule has 26 heavy (non-hydrogen) atoms. The van der Waals surface area contributed by atoms with Gasteiger partial charge in [0.2, 0.25) is 5.95 Å². The Balaban J connectivity index is 1.79. The van der Waals surface area contributed by atoms with Crippen molar-refractivity contribution in [1.82, 2.24) is 9.97 Å². The molecule has 5 heteroatoms. The molecule has 134 valence electrons. The molecule has 0 aliphatic rings. The summed E-state index contributed by atoms with van der Waals surface area (Å²) in [6, 6.07) is 16.1. The van der Waals surface area contributed by atoms with Crippen LogP contribution in [0.3, 0.4) is 0 Å². The predicted octanol–water partition coefficient (Wildman–Crippen LogP) is 4.77. The molecule has 0 saturated heterocycles. The molecule has 0 unspecified atom stereocenters. The van der Waals surface area contributed by atoms with Crippen molar-refractivity contribution in [2.45, 2.75) is 27.3 Å². The highest BCUT2D eigenvalue weighted by atomic mass is 16.5. The van der Waals surface area contributed by atoms with E-state index in [0.717, 1.165) is 28.5 Å². The van der Waals surface area contributed by atoms with Crippen molar-refractivity contribution in [3.8, 4) is 5.75 Å². The molecule has 0 bridgehead atoms. The second-order valence-corrected chi connectivity index (χ2v) is 6.28. The number of para-hydroxylation sites is 2. The number of nitrogens with one attached hydrogen (secondary N) is 2. The molecular weight excluding hydrogens is 324 g/mol. The Hall–Kier alpha value is -3.08. The van der Waals surface area contributed by atoms with Crippen LogP contribution < -0.4 is 15.4 Å². The van der Waals surface area contributed by atoms with Crippen molar-refractivity contribution in [2.24, 2.45) is 0 Å². The van der Waals surface area contributed by atoms with Gasteiger partial charge < -0.3 is 15.4 Å². The lowest BCUT2D eigenvalue weighted by Gasteiger charge is -2.14. The number of hydrogen-bond acceptors (Lipinski definition) is 5. The molecule has 0 aliphatic heterocycles. The number of hydrogen-bond donors (Lipinski definition) is 2. The van der Waals surface area contributed by atoms with Crippen LogP contribution in [-0.4, -0.2) is 17.1 Å². The van der Waals surface area contributed by atoms with E-state index in [0.29, 0.717) is 12.5 Å². The molecule has 3 aromatic rings. The van der Waals surface area contributed by atoms with E-state index in [1.165, 1.54) is 11.1 Å². The smallest absolute Gasteiger partial charge is 0.229 e. The molecule has 0 atom stereocenters. The molecule has 3 rings (SSSR count). The van der Waals surface area contributed by atoms with Crippen molar-refractivity contribution < 1.29 is 4.74 Å². The highest BCUT2D eigenvalue weighted by Gasteiger charge is 2.08. The van der Waals surface area contributed by atoms with Gasteiger partial charge in [-0.2, -0.15) is 4.98 Å². The van der Waals surface area contributed by atoms with E-state index in [1.807, 2.05) is 43.3 Å². The molecule has 0 amide bonds. The molecule has 0 spiro atoms. The summed E-state index contributed by atoms with van der Waals surface area (Å²) in [6.07, 6.45) is 0. The summed E-state index contributed by atoms with van der Waals surface area (Å²) in [5, 5.41) is 6.72. The fourth-order valence-corrected chi connectivity index (χ4v) is 2.87. The van der Waals surface area contributed by atoms with Crippen molar-refractivity contribution in [1.29, 1.82) is 0 Å². The summed E-state index contributed by atoms with van der Waals surface area (Å²) < 4.78 is 5.40. The Labute approximate surface area is 154 Å². The van der Waals surface area contributed by atoms with Crippen LogP contribution in [0.2, 0.25) is 0 Å². The number of nitrogens with zero attached hydrogens (tertiary/aromatic N) is 2. The maximum Gasteiger partial charge on any atom is 0.229 e. The van der Waals surface area contributed by atoms with Crippen LogP contribution in [0.4, 0.5) is 17.5 Å². The molecule has 0 radical (unpaired) electrons. The van der Waals surface area contributed by atoms with Crippen LogP contribution in [-0.2, 0) is 6.54 Å². The zero-order chi connectivity index (χ0) is 18.5. The van der Waals surface area contributed by atoms with E-state index in [-0.39, 0.29) is 0 Å². The summed E-state index contributed by atoms with van der Waals surface area (Å²) in [7, 11) is 1.68. The third-order valence-electron chi connectivity index (χ3n) is 4.22. The molecule has 2 aromatic carbocycles. The highest BCUT2D eigenvalue weighted by molar-refractivity contribution is 5.63. The van der Waals surface area contributed by atoms with E-state index in [1.54, 1.807) is 7.11 Å². The first kappa shape index (κ1) is 17.7. The Morgan fingerprint density at radius 3 is 2.38 bits per heavy atom. The quantitative estimate of drug-likeness (QED) is 0.672. The van der Waals surface area contributed by atoms with Crippen LogP contribution in [0, 0.1) is 20.8 Å². The number of rotatable bonds is 6. The Morgan fingerprint density at radius 1 is 0.923 bits per heavy atom. The topological polar surface area (TPSA) is 59.1 Å². The average Bonchev–Trinajstić information content (AvgIpc) is 2.63. The van der Waals surface area contributed by atoms with E-state index >= 15 is 0 Å². The predicted molar refractivity (Wildman–Crippen MR) is 106 cm³/mol. The van der Waals surface area contributed by atoms with Crippen molar-refractivity contribution in [2.75, 3.05) is 17.7 Å². The van der Waals surface area contributed by atoms with Crippen molar-refractivity contribution in [3.63, 3.8) is 0 Å². The molecule has 2 N–H and O–H groups in total. The van der Waals surface area contributed by atoms with Crippen LogP contribution in [0.1, 0.15) is 22.4 Å². The Bertz CT molecular complexity index is 888. The molecular formula is C21H24N4O.